The van der Waals surface area contributed by atoms with Crippen LogP contribution in [0.3, 0.4) is 0 Å². The molecule has 0 spiro atoms. The molecule has 0 aromatic carbocycles. The minimum Gasteiger partial charge on any atom is -0.201 e. The number of rotatable bonds is 0. The summed E-state index contributed by atoms with van der Waals surface area (Å²) >= 11 is 1.46. The maximum absolute atomic E-state index is 3.76. The third kappa shape index (κ3) is 26.2. The van der Waals surface area contributed by atoms with Gasteiger partial charge in [0.15, 0.2) is 0 Å². The molecule has 1 aromatic heterocycles. The summed E-state index contributed by atoms with van der Waals surface area (Å²) in [5.74, 6) is 0. The van der Waals surface area contributed by atoms with Crippen LogP contribution in [0.15, 0.2) is 17.6 Å². The van der Waals surface area contributed by atoms with E-state index in [-0.39, 0.29) is 0 Å². The van der Waals surface area contributed by atoms with Gasteiger partial charge in [0.25, 0.3) is 0 Å². The minimum absolute atomic E-state index is 1.46. The van der Waals surface area contributed by atoms with Gasteiger partial charge in [0.05, 0.1) is 0 Å². The van der Waals surface area contributed by atoms with Crippen LogP contribution < -0.4 is 0 Å². The van der Waals surface area contributed by atoms with Crippen molar-refractivity contribution in [2.75, 3.05) is 0 Å². The predicted molar refractivity (Wildman–Crippen MR) is 56.2 cm³/mol. The molecule has 0 unspecified atom stereocenters. The lowest BCUT2D eigenvalue weighted by Gasteiger charge is -1.41. The Balaban J connectivity index is -0.0000000933. The van der Waals surface area contributed by atoms with Crippen molar-refractivity contribution in [1.29, 1.82) is 0 Å². The Morgan fingerprint density at radius 1 is 0.909 bits per heavy atom. The molecule has 0 N–H and O–H groups in total. The van der Waals surface area contributed by atoms with Crippen LogP contribution in [0.2, 0.25) is 0 Å². The molecule has 68 valence electrons. The molecule has 1 aromatic rings. The van der Waals surface area contributed by atoms with E-state index >= 15 is 0 Å². The van der Waals surface area contributed by atoms with E-state index in [1.54, 1.807) is 6.20 Å². The maximum Gasteiger partial charge on any atom is 0.0406 e. The van der Waals surface area contributed by atoms with Gasteiger partial charge in [-0.1, -0.05) is 41.5 Å². The molecule has 0 aliphatic carbocycles. The van der Waals surface area contributed by atoms with Gasteiger partial charge in [0.2, 0.25) is 0 Å². The van der Waals surface area contributed by atoms with E-state index in [1.807, 2.05) is 53.0 Å². The first-order chi connectivity index (χ1) is 5.50. The summed E-state index contributed by atoms with van der Waals surface area (Å²) in [4.78, 5) is 0. The zero-order chi connectivity index (χ0) is 9.54. The summed E-state index contributed by atoms with van der Waals surface area (Å²) in [5.41, 5.74) is 0. The predicted octanol–water partition coefficient (Wildman–Crippen LogP) is 4.22. The van der Waals surface area contributed by atoms with Crippen LogP contribution in [0.1, 0.15) is 41.5 Å². The van der Waals surface area contributed by atoms with Gasteiger partial charge in [-0.2, -0.15) is 0 Å². The molecule has 0 amide bonds. The Morgan fingerprint density at radius 3 is 1.45 bits per heavy atom. The SMILES string of the molecule is CC.CC.CC.c1cnsc1. The fourth-order valence-electron chi connectivity index (χ4n) is 0.176. The van der Waals surface area contributed by atoms with E-state index in [2.05, 4.69) is 4.37 Å². The molecule has 0 bridgehead atoms. The normalized spacial score (nSPS) is 5.27. The van der Waals surface area contributed by atoms with Gasteiger partial charge in [0, 0.05) is 11.6 Å². The summed E-state index contributed by atoms with van der Waals surface area (Å²) in [7, 11) is 0. The molecular weight excluding hydrogens is 154 g/mol. The first kappa shape index (κ1) is 16.9. The second-order valence-electron chi connectivity index (χ2n) is 0.688. The van der Waals surface area contributed by atoms with Crippen molar-refractivity contribution in [2.45, 2.75) is 41.5 Å². The average Bonchev–Trinajstić information content (AvgIpc) is 2.71. The lowest BCUT2D eigenvalue weighted by molar-refractivity contribution is 1.50. The molecule has 0 radical (unpaired) electrons. The summed E-state index contributed by atoms with van der Waals surface area (Å²) in [6, 6.07) is 1.91. The Labute approximate surface area is 75.6 Å². The second kappa shape index (κ2) is 33.5. The highest BCUT2D eigenvalue weighted by atomic mass is 32.1. The molecule has 11 heavy (non-hydrogen) atoms. The third-order valence-corrected chi connectivity index (χ3v) is 0.869. The van der Waals surface area contributed by atoms with Gasteiger partial charge < -0.3 is 0 Å². The average molecular weight is 175 g/mol. The first-order valence-corrected chi connectivity index (χ1v) is 5.18. The monoisotopic (exact) mass is 175 g/mol. The fourth-order valence-corrected chi connectivity index (χ4v) is 0.527. The largest absolute Gasteiger partial charge is 0.201 e. The zero-order valence-corrected chi connectivity index (χ0v) is 9.40. The standard InChI is InChI=1S/C3H3NS.3C2H6/c1-2-4-5-3-1;3*1-2/h1-3H;3*1-2H3. The quantitative estimate of drug-likeness (QED) is 0.575. The van der Waals surface area contributed by atoms with Gasteiger partial charge in [0.1, 0.15) is 0 Å². The van der Waals surface area contributed by atoms with Crippen LogP contribution in [-0.4, -0.2) is 4.37 Å². The highest BCUT2D eigenvalue weighted by molar-refractivity contribution is 7.03. The number of hydrogen-bond donors (Lipinski definition) is 0. The fraction of sp³-hybridized carbons (Fsp3) is 0.667. The van der Waals surface area contributed by atoms with Crippen LogP contribution in [0.25, 0.3) is 0 Å². The van der Waals surface area contributed by atoms with Crippen molar-refractivity contribution in [3.05, 3.63) is 17.6 Å². The number of hydrogen-bond acceptors (Lipinski definition) is 2. The van der Waals surface area contributed by atoms with E-state index < -0.39 is 0 Å². The smallest absolute Gasteiger partial charge is 0.0406 e. The minimum atomic E-state index is 1.46. The molecule has 0 saturated carbocycles. The topological polar surface area (TPSA) is 12.9 Å². The lowest BCUT2D eigenvalue weighted by Crippen LogP contribution is -1.32. The zero-order valence-electron chi connectivity index (χ0n) is 8.59. The molecule has 0 aliphatic heterocycles. The number of nitrogens with zero attached hydrogens (tertiary/aromatic N) is 1. The van der Waals surface area contributed by atoms with Crippen molar-refractivity contribution < 1.29 is 0 Å². The second-order valence-corrected chi connectivity index (χ2v) is 1.38. The van der Waals surface area contributed by atoms with Gasteiger partial charge in [-0.15, -0.1) is 0 Å². The Hall–Kier alpha value is -0.370. The molecular formula is C9H21NS. The molecule has 1 heterocycles. The summed E-state index contributed by atoms with van der Waals surface area (Å²) in [6.45, 7) is 12.0. The molecule has 0 atom stereocenters. The first-order valence-electron chi connectivity index (χ1n) is 4.34. The van der Waals surface area contributed by atoms with Crippen LogP contribution >= 0.6 is 11.5 Å². The van der Waals surface area contributed by atoms with Crippen molar-refractivity contribution >= 4 is 11.5 Å². The van der Waals surface area contributed by atoms with Crippen LogP contribution in [0.4, 0.5) is 0 Å². The van der Waals surface area contributed by atoms with E-state index in [9.17, 15) is 0 Å². The third-order valence-electron chi connectivity index (χ3n) is 0.347. The molecule has 0 fully saturated rings. The van der Waals surface area contributed by atoms with E-state index in [0.717, 1.165) is 0 Å². The molecule has 0 saturated heterocycles. The summed E-state index contributed by atoms with van der Waals surface area (Å²) in [5, 5.41) is 1.93. The Bertz CT molecular complexity index is 66.0. The summed E-state index contributed by atoms with van der Waals surface area (Å²) < 4.78 is 3.76. The van der Waals surface area contributed by atoms with Gasteiger partial charge in [-0.3, -0.25) is 0 Å². The van der Waals surface area contributed by atoms with Crippen molar-refractivity contribution in [3.8, 4) is 0 Å². The van der Waals surface area contributed by atoms with Crippen LogP contribution in [-0.2, 0) is 0 Å². The molecule has 2 heteroatoms. The molecule has 1 nitrogen and oxygen atoms in total. The highest BCUT2D eigenvalue weighted by Gasteiger charge is 1.59. The highest BCUT2D eigenvalue weighted by Crippen LogP contribution is 1.83. The molecule has 0 aliphatic rings. The molecule has 1 rings (SSSR count). The van der Waals surface area contributed by atoms with Crippen LogP contribution in [0.5, 0.6) is 0 Å². The van der Waals surface area contributed by atoms with Crippen molar-refractivity contribution in [2.24, 2.45) is 0 Å². The van der Waals surface area contributed by atoms with E-state index in [4.69, 9.17) is 0 Å². The maximum atomic E-state index is 3.76. The summed E-state index contributed by atoms with van der Waals surface area (Å²) in [6.07, 6.45) is 1.77. The number of aromatic nitrogens is 1. The Morgan fingerprint density at radius 2 is 1.36 bits per heavy atom. The van der Waals surface area contributed by atoms with E-state index in [1.165, 1.54) is 11.5 Å². The van der Waals surface area contributed by atoms with Gasteiger partial charge in [-0.25, -0.2) is 4.37 Å². The van der Waals surface area contributed by atoms with Gasteiger partial charge in [-0.05, 0) is 17.6 Å². The Kier molecular flexibility index (Phi) is 51.5. The van der Waals surface area contributed by atoms with Crippen LogP contribution in [0, 0.1) is 0 Å². The van der Waals surface area contributed by atoms with Crippen molar-refractivity contribution in [3.63, 3.8) is 0 Å². The lowest BCUT2D eigenvalue weighted by atomic mass is 10.8. The van der Waals surface area contributed by atoms with Crippen molar-refractivity contribution in [1.82, 2.24) is 4.37 Å². The van der Waals surface area contributed by atoms with E-state index in [0.29, 0.717) is 0 Å². The van der Waals surface area contributed by atoms with Gasteiger partial charge >= 0.3 is 0 Å².